The Kier molecular flexibility index (Phi) is 4.78. The van der Waals surface area contributed by atoms with Crippen molar-refractivity contribution in [3.63, 3.8) is 0 Å². The molecule has 0 unspecified atom stereocenters. The lowest BCUT2D eigenvalue weighted by molar-refractivity contribution is -0.384. The highest BCUT2D eigenvalue weighted by Crippen LogP contribution is 2.14. The SMILES string of the molecule is N=c1n(Cc2ccc([N+](=O)[O-])cc2)c(=O)c2ccccc2n1Cc1ccccc1. The van der Waals surface area contributed by atoms with E-state index >= 15 is 0 Å². The molecule has 4 rings (SSSR count). The highest BCUT2D eigenvalue weighted by Gasteiger charge is 2.12. The predicted molar refractivity (Wildman–Crippen MR) is 110 cm³/mol. The molecule has 3 aromatic carbocycles. The van der Waals surface area contributed by atoms with Crippen LogP contribution in [0.15, 0.2) is 83.7 Å². The number of fused-ring (bicyclic) bond motifs is 1. The summed E-state index contributed by atoms with van der Waals surface area (Å²) in [7, 11) is 0. The molecular weight excluding hydrogens is 368 g/mol. The molecule has 0 bridgehead atoms. The van der Waals surface area contributed by atoms with Crippen LogP contribution in [0.3, 0.4) is 0 Å². The number of nitrogens with zero attached hydrogens (tertiary/aromatic N) is 3. The lowest BCUT2D eigenvalue weighted by atomic mass is 10.2. The fourth-order valence-corrected chi connectivity index (χ4v) is 3.37. The molecule has 0 saturated carbocycles. The van der Waals surface area contributed by atoms with E-state index in [1.54, 1.807) is 28.8 Å². The average Bonchev–Trinajstić information content (AvgIpc) is 2.75. The normalized spacial score (nSPS) is 10.9. The highest BCUT2D eigenvalue weighted by atomic mass is 16.6. The second-order valence-electron chi connectivity index (χ2n) is 6.73. The van der Waals surface area contributed by atoms with Crippen LogP contribution in [0, 0.1) is 15.5 Å². The Morgan fingerprint density at radius 1 is 0.793 bits per heavy atom. The van der Waals surface area contributed by atoms with Crippen molar-refractivity contribution >= 4 is 16.6 Å². The van der Waals surface area contributed by atoms with Crippen molar-refractivity contribution < 1.29 is 4.92 Å². The number of benzene rings is 3. The summed E-state index contributed by atoms with van der Waals surface area (Å²) >= 11 is 0. The number of nitrogens with one attached hydrogen (secondary N) is 1. The van der Waals surface area contributed by atoms with Crippen LogP contribution in [0.25, 0.3) is 10.9 Å². The van der Waals surface area contributed by atoms with Gasteiger partial charge in [0.1, 0.15) is 0 Å². The first-order valence-electron chi connectivity index (χ1n) is 9.09. The van der Waals surface area contributed by atoms with Crippen molar-refractivity contribution in [3.05, 3.63) is 116 Å². The third-order valence-electron chi connectivity index (χ3n) is 4.85. The van der Waals surface area contributed by atoms with Crippen LogP contribution in [-0.4, -0.2) is 14.1 Å². The number of nitro benzene ring substituents is 1. The molecule has 0 aliphatic carbocycles. The number of non-ortho nitro benzene ring substituents is 1. The molecule has 4 aromatic rings. The van der Waals surface area contributed by atoms with Gasteiger partial charge in [0.2, 0.25) is 5.62 Å². The topological polar surface area (TPSA) is 93.9 Å². The second-order valence-corrected chi connectivity index (χ2v) is 6.73. The summed E-state index contributed by atoms with van der Waals surface area (Å²) in [5, 5.41) is 20.1. The van der Waals surface area contributed by atoms with Gasteiger partial charge in [-0.3, -0.25) is 24.9 Å². The van der Waals surface area contributed by atoms with Gasteiger partial charge in [-0.2, -0.15) is 0 Å². The molecule has 144 valence electrons. The molecule has 0 saturated heterocycles. The molecule has 1 aromatic heterocycles. The summed E-state index contributed by atoms with van der Waals surface area (Å²) in [5.41, 5.74) is 2.25. The van der Waals surface area contributed by atoms with E-state index in [0.717, 1.165) is 5.56 Å². The summed E-state index contributed by atoms with van der Waals surface area (Å²) in [6.07, 6.45) is 0. The van der Waals surface area contributed by atoms with Crippen molar-refractivity contribution in [2.45, 2.75) is 13.1 Å². The minimum Gasteiger partial charge on any atom is -0.307 e. The van der Waals surface area contributed by atoms with Crippen LogP contribution >= 0.6 is 0 Å². The molecule has 7 heteroatoms. The summed E-state index contributed by atoms with van der Waals surface area (Å²) in [6, 6.07) is 23.1. The van der Waals surface area contributed by atoms with Gasteiger partial charge in [-0.25, -0.2) is 0 Å². The Morgan fingerprint density at radius 3 is 2.07 bits per heavy atom. The van der Waals surface area contributed by atoms with Gasteiger partial charge in [-0.1, -0.05) is 54.6 Å². The molecule has 0 fully saturated rings. The Balaban J connectivity index is 1.84. The van der Waals surface area contributed by atoms with Gasteiger partial charge < -0.3 is 4.57 Å². The zero-order valence-corrected chi connectivity index (χ0v) is 15.5. The molecule has 0 aliphatic rings. The third kappa shape index (κ3) is 3.58. The van der Waals surface area contributed by atoms with E-state index in [-0.39, 0.29) is 23.4 Å². The molecule has 0 radical (unpaired) electrons. The zero-order chi connectivity index (χ0) is 20.4. The summed E-state index contributed by atoms with van der Waals surface area (Å²) < 4.78 is 3.20. The Bertz CT molecular complexity index is 1310. The van der Waals surface area contributed by atoms with Crippen molar-refractivity contribution in [2.75, 3.05) is 0 Å². The maximum atomic E-state index is 13.1. The molecule has 1 N–H and O–H groups in total. The first-order valence-corrected chi connectivity index (χ1v) is 9.09. The molecule has 29 heavy (non-hydrogen) atoms. The fourth-order valence-electron chi connectivity index (χ4n) is 3.37. The number of para-hydroxylation sites is 1. The summed E-state index contributed by atoms with van der Waals surface area (Å²) in [4.78, 5) is 23.5. The number of rotatable bonds is 5. The molecule has 7 nitrogen and oxygen atoms in total. The van der Waals surface area contributed by atoms with Crippen molar-refractivity contribution in [2.24, 2.45) is 0 Å². The quantitative estimate of drug-likeness (QED) is 0.421. The number of hydrogen-bond donors (Lipinski definition) is 1. The number of hydrogen-bond acceptors (Lipinski definition) is 4. The molecule has 0 aliphatic heterocycles. The maximum absolute atomic E-state index is 13.1. The standard InChI is InChI=1S/C22H18N4O3/c23-22-24(14-16-6-2-1-3-7-16)20-9-5-4-8-19(20)21(27)25(22)15-17-10-12-18(13-11-17)26(28)29/h1-13,23H,14-15H2. The van der Waals surface area contributed by atoms with Gasteiger partial charge in [0.25, 0.3) is 11.2 Å². The van der Waals surface area contributed by atoms with E-state index in [9.17, 15) is 14.9 Å². The molecule has 0 amide bonds. The van der Waals surface area contributed by atoms with Gasteiger partial charge in [-0.15, -0.1) is 0 Å². The molecule has 0 spiro atoms. The van der Waals surface area contributed by atoms with Crippen molar-refractivity contribution in [3.8, 4) is 0 Å². The smallest absolute Gasteiger partial charge is 0.269 e. The minimum absolute atomic E-state index is 0.00940. The van der Waals surface area contributed by atoms with Gasteiger partial charge in [0, 0.05) is 12.1 Å². The van der Waals surface area contributed by atoms with Crippen LogP contribution < -0.4 is 11.2 Å². The van der Waals surface area contributed by atoms with Crippen LogP contribution in [-0.2, 0) is 13.1 Å². The fraction of sp³-hybridized carbons (Fsp3) is 0.0909. The summed E-state index contributed by atoms with van der Waals surface area (Å²) in [5.74, 6) is 0. The largest absolute Gasteiger partial charge is 0.307 e. The van der Waals surface area contributed by atoms with Gasteiger partial charge in [0.15, 0.2) is 0 Å². The van der Waals surface area contributed by atoms with Crippen molar-refractivity contribution in [1.29, 1.82) is 5.41 Å². The van der Waals surface area contributed by atoms with Crippen LogP contribution in [0.1, 0.15) is 11.1 Å². The Labute approximate surface area is 165 Å². The lowest BCUT2D eigenvalue weighted by Crippen LogP contribution is -2.40. The van der Waals surface area contributed by atoms with Gasteiger partial charge in [-0.05, 0) is 23.3 Å². The molecular formula is C22H18N4O3. The first-order chi connectivity index (χ1) is 14.0. The van der Waals surface area contributed by atoms with E-state index in [2.05, 4.69) is 0 Å². The second kappa shape index (κ2) is 7.55. The van der Waals surface area contributed by atoms with Crippen LogP contribution in [0.2, 0.25) is 0 Å². The predicted octanol–water partition coefficient (Wildman–Crippen LogP) is 3.29. The van der Waals surface area contributed by atoms with E-state index < -0.39 is 4.92 Å². The average molecular weight is 386 g/mol. The van der Waals surface area contributed by atoms with E-state index in [1.165, 1.54) is 16.7 Å². The summed E-state index contributed by atoms with van der Waals surface area (Å²) in [6.45, 7) is 0.621. The number of nitro groups is 1. The molecule has 1 heterocycles. The van der Waals surface area contributed by atoms with Gasteiger partial charge >= 0.3 is 0 Å². The Hall–Kier alpha value is -4.00. The van der Waals surface area contributed by atoms with E-state index in [4.69, 9.17) is 5.41 Å². The van der Waals surface area contributed by atoms with Crippen molar-refractivity contribution in [1.82, 2.24) is 9.13 Å². The Morgan fingerprint density at radius 2 is 1.38 bits per heavy atom. The molecule has 0 atom stereocenters. The lowest BCUT2D eigenvalue weighted by Gasteiger charge is -2.16. The van der Waals surface area contributed by atoms with E-state index in [1.807, 2.05) is 42.5 Å². The monoisotopic (exact) mass is 386 g/mol. The highest BCUT2D eigenvalue weighted by molar-refractivity contribution is 5.77. The maximum Gasteiger partial charge on any atom is 0.269 e. The van der Waals surface area contributed by atoms with E-state index in [0.29, 0.717) is 23.0 Å². The number of aromatic nitrogens is 2. The van der Waals surface area contributed by atoms with Crippen LogP contribution in [0.4, 0.5) is 5.69 Å². The third-order valence-corrected chi connectivity index (χ3v) is 4.85. The van der Waals surface area contributed by atoms with Gasteiger partial charge in [0.05, 0.1) is 28.9 Å². The minimum atomic E-state index is -0.463. The first kappa shape index (κ1) is 18.4. The van der Waals surface area contributed by atoms with Crippen LogP contribution in [0.5, 0.6) is 0 Å². The zero-order valence-electron chi connectivity index (χ0n) is 15.5.